The number of nitrogens with zero attached hydrogens (tertiary/aromatic N) is 1. The fourth-order valence-electron chi connectivity index (χ4n) is 6.45. The first-order valence-electron chi connectivity index (χ1n) is 10.7. The van der Waals surface area contributed by atoms with Crippen molar-refractivity contribution in [2.45, 2.75) is 57.9 Å². The van der Waals surface area contributed by atoms with E-state index in [1.54, 1.807) is 24.3 Å². The molecule has 0 radical (unpaired) electrons. The maximum Gasteiger partial charge on any atom is 0.248 e. The third kappa shape index (κ3) is 3.28. The molecule has 4 bridgehead atoms. The highest BCUT2D eigenvalue weighted by Gasteiger charge is 2.55. The van der Waals surface area contributed by atoms with Gasteiger partial charge in [-0.3, -0.25) is 19.8 Å². The molecule has 5 aliphatic rings. The van der Waals surface area contributed by atoms with Gasteiger partial charge in [-0.05, 0) is 87.5 Å². The van der Waals surface area contributed by atoms with E-state index in [-0.39, 0.29) is 22.9 Å². The van der Waals surface area contributed by atoms with Crippen molar-refractivity contribution >= 4 is 28.9 Å². The molecular formula is C23H27N3O3. The molecule has 4 fully saturated rings. The summed E-state index contributed by atoms with van der Waals surface area (Å²) in [5, 5.41) is 7.13. The van der Waals surface area contributed by atoms with Crippen molar-refractivity contribution in [3.8, 4) is 0 Å². The van der Waals surface area contributed by atoms with Crippen molar-refractivity contribution in [3.63, 3.8) is 0 Å². The van der Waals surface area contributed by atoms with Crippen molar-refractivity contribution in [2.24, 2.45) is 28.3 Å². The number of Topliss-reactive ketones (excluding diaryl/α,β-unsaturated/α-hetero) is 2. The molecule has 1 atom stereocenters. The van der Waals surface area contributed by atoms with Gasteiger partial charge in [0, 0.05) is 23.1 Å². The lowest BCUT2D eigenvalue weighted by atomic mass is 9.48. The van der Waals surface area contributed by atoms with Crippen LogP contribution in [-0.2, 0) is 9.59 Å². The summed E-state index contributed by atoms with van der Waals surface area (Å²) in [5.41, 5.74) is 4.42. The lowest BCUT2D eigenvalue weighted by Gasteiger charge is -2.55. The highest BCUT2D eigenvalue weighted by Crippen LogP contribution is 2.60. The van der Waals surface area contributed by atoms with Gasteiger partial charge in [-0.15, -0.1) is 0 Å². The molecule has 6 heteroatoms. The lowest BCUT2D eigenvalue weighted by molar-refractivity contribution is -0.136. The molecule has 6 nitrogen and oxygen atoms in total. The third-order valence-corrected chi connectivity index (χ3v) is 7.41. The van der Waals surface area contributed by atoms with Crippen molar-refractivity contribution in [1.29, 1.82) is 0 Å². The van der Waals surface area contributed by atoms with Crippen LogP contribution in [-0.4, -0.2) is 29.2 Å². The van der Waals surface area contributed by atoms with Crippen LogP contribution in [0.5, 0.6) is 0 Å². The molecule has 0 saturated heterocycles. The number of rotatable bonds is 5. The van der Waals surface area contributed by atoms with E-state index in [0.717, 1.165) is 19.3 Å². The molecule has 4 aliphatic carbocycles. The van der Waals surface area contributed by atoms with E-state index in [2.05, 4.69) is 15.8 Å². The second-order valence-corrected chi connectivity index (χ2v) is 9.59. The van der Waals surface area contributed by atoms with Gasteiger partial charge in [0.1, 0.15) is 11.8 Å². The van der Waals surface area contributed by atoms with Gasteiger partial charge in [-0.2, -0.15) is 5.10 Å². The maximum absolute atomic E-state index is 13.4. The van der Waals surface area contributed by atoms with Gasteiger partial charge in [-0.1, -0.05) is 0 Å². The summed E-state index contributed by atoms with van der Waals surface area (Å²) in [6.45, 7) is 1.51. The number of amides is 1. The molecule has 6 rings (SSSR count). The van der Waals surface area contributed by atoms with Crippen LogP contribution in [0.2, 0.25) is 0 Å². The van der Waals surface area contributed by atoms with Crippen LogP contribution in [0, 0.1) is 23.2 Å². The Balaban J connectivity index is 1.22. The SMILES string of the molecule is CC(=O)c1ccc(NC(=O)C2CC(C(=O)C34CC5CC(CC(C5)C3)C4)=NN2)cc1. The summed E-state index contributed by atoms with van der Waals surface area (Å²) < 4.78 is 0. The largest absolute Gasteiger partial charge is 0.324 e. The Hall–Kier alpha value is -2.50. The Bertz CT molecular complexity index is 867. The molecule has 29 heavy (non-hydrogen) atoms. The first kappa shape index (κ1) is 18.5. The predicted molar refractivity (Wildman–Crippen MR) is 110 cm³/mol. The van der Waals surface area contributed by atoms with E-state index < -0.39 is 6.04 Å². The zero-order chi connectivity index (χ0) is 20.2. The van der Waals surface area contributed by atoms with Gasteiger partial charge >= 0.3 is 0 Å². The Morgan fingerprint density at radius 1 is 1.00 bits per heavy atom. The van der Waals surface area contributed by atoms with Gasteiger partial charge in [0.05, 0.1) is 0 Å². The van der Waals surface area contributed by atoms with Crippen molar-refractivity contribution in [1.82, 2.24) is 5.43 Å². The van der Waals surface area contributed by atoms with E-state index in [0.29, 0.717) is 41.1 Å². The average molecular weight is 393 g/mol. The minimum Gasteiger partial charge on any atom is -0.324 e. The minimum atomic E-state index is -0.532. The average Bonchev–Trinajstić information content (AvgIpc) is 3.17. The molecule has 4 saturated carbocycles. The third-order valence-electron chi connectivity index (χ3n) is 7.41. The molecule has 0 spiro atoms. The van der Waals surface area contributed by atoms with Crippen LogP contribution in [0.15, 0.2) is 29.4 Å². The highest BCUT2D eigenvalue weighted by molar-refractivity contribution is 6.42. The van der Waals surface area contributed by atoms with E-state index >= 15 is 0 Å². The Kier molecular flexibility index (Phi) is 4.33. The monoisotopic (exact) mass is 393 g/mol. The number of carbonyl (C=O) groups is 3. The van der Waals surface area contributed by atoms with Crippen molar-refractivity contribution in [2.75, 3.05) is 5.32 Å². The fourth-order valence-corrected chi connectivity index (χ4v) is 6.45. The fraction of sp³-hybridized carbons (Fsp3) is 0.565. The van der Waals surface area contributed by atoms with E-state index in [4.69, 9.17) is 0 Å². The molecule has 0 aromatic heterocycles. The number of carbonyl (C=O) groups excluding carboxylic acids is 3. The normalized spacial score (nSPS) is 34.4. The Morgan fingerprint density at radius 3 is 2.14 bits per heavy atom. The number of ketones is 2. The molecular weight excluding hydrogens is 366 g/mol. The lowest BCUT2D eigenvalue weighted by Crippen LogP contribution is -2.51. The first-order chi connectivity index (χ1) is 13.9. The van der Waals surface area contributed by atoms with Crippen LogP contribution in [0.4, 0.5) is 5.69 Å². The second kappa shape index (κ2) is 6.78. The van der Waals surface area contributed by atoms with Crippen LogP contribution < -0.4 is 10.7 Å². The standard InChI is InChI=1S/C23H27N3O3/c1-13(27)17-2-4-18(5-3-17)24-22(29)20-9-19(25-26-20)21(28)23-10-14-6-15(11-23)8-16(7-14)12-23/h2-5,14-16,20,26H,6-12H2,1H3,(H,24,29). The quantitative estimate of drug-likeness (QED) is 0.751. The van der Waals surface area contributed by atoms with Gasteiger partial charge in [-0.25, -0.2) is 0 Å². The van der Waals surface area contributed by atoms with E-state index in [1.807, 2.05) is 0 Å². The van der Waals surface area contributed by atoms with Crippen LogP contribution in [0.3, 0.4) is 0 Å². The summed E-state index contributed by atoms with van der Waals surface area (Å²) >= 11 is 0. The molecule has 2 N–H and O–H groups in total. The Labute approximate surface area is 170 Å². The predicted octanol–water partition coefficient (Wildman–Crippen LogP) is 3.33. The van der Waals surface area contributed by atoms with Gasteiger partial charge < -0.3 is 5.32 Å². The second-order valence-electron chi connectivity index (χ2n) is 9.59. The summed E-state index contributed by atoms with van der Waals surface area (Å²) in [7, 11) is 0. The Morgan fingerprint density at radius 2 is 1.59 bits per heavy atom. The van der Waals surface area contributed by atoms with E-state index in [9.17, 15) is 14.4 Å². The number of hydrogen-bond donors (Lipinski definition) is 2. The zero-order valence-electron chi connectivity index (χ0n) is 16.7. The summed E-state index contributed by atoms with van der Waals surface area (Å²) in [4.78, 5) is 37.4. The number of hydrazone groups is 1. The summed E-state index contributed by atoms with van der Waals surface area (Å²) in [5.74, 6) is 2.08. The molecule has 152 valence electrons. The number of benzene rings is 1. The molecule has 1 aromatic carbocycles. The molecule has 1 aliphatic heterocycles. The van der Waals surface area contributed by atoms with Gasteiger partial charge in [0.15, 0.2) is 11.6 Å². The number of nitrogens with one attached hydrogen (secondary N) is 2. The van der Waals surface area contributed by atoms with Gasteiger partial charge in [0.25, 0.3) is 0 Å². The van der Waals surface area contributed by atoms with Crippen LogP contribution in [0.25, 0.3) is 0 Å². The van der Waals surface area contributed by atoms with Crippen LogP contribution in [0.1, 0.15) is 62.2 Å². The number of anilines is 1. The zero-order valence-corrected chi connectivity index (χ0v) is 16.7. The molecule has 1 unspecified atom stereocenters. The van der Waals surface area contributed by atoms with Crippen molar-refractivity contribution < 1.29 is 14.4 Å². The smallest absolute Gasteiger partial charge is 0.248 e. The first-order valence-corrected chi connectivity index (χ1v) is 10.7. The van der Waals surface area contributed by atoms with Crippen LogP contribution >= 0.6 is 0 Å². The van der Waals surface area contributed by atoms with Gasteiger partial charge in [0.2, 0.25) is 5.91 Å². The molecule has 1 aromatic rings. The molecule has 1 heterocycles. The highest BCUT2D eigenvalue weighted by atomic mass is 16.2. The maximum atomic E-state index is 13.4. The van der Waals surface area contributed by atoms with Crippen molar-refractivity contribution in [3.05, 3.63) is 29.8 Å². The summed E-state index contributed by atoms with van der Waals surface area (Å²) in [6, 6.07) is 6.28. The topological polar surface area (TPSA) is 87.6 Å². The number of hydrogen-bond acceptors (Lipinski definition) is 5. The van der Waals surface area contributed by atoms with E-state index in [1.165, 1.54) is 26.2 Å². The molecule has 1 amide bonds. The minimum absolute atomic E-state index is 0.0124. The summed E-state index contributed by atoms with van der Waals surface area (Å²) in [6.07, 6.45) is 7.26.